The van der Waals surface area contributed by atoms with Gasteiger partial charge >= 0.3 is 0 Å². The number of carbonyl (C=O) groups is 1. The first-order valence-electron chi connectivity index (χ1n) is 11.7. The van der Waals surface area contributed by atoms with Gasteiger partial charge in [0, 0.05) is 38.1 Å². The zero-order chi connectivity index (χ0) is 26.2. The lowest BCUT2D eigenvalue weighted by Gasteiger charge is -2.11. The summed E-state index contributed by atoms with van der Waals surface area (Å²) < 4.78 is 21.9. The van der Waals surface area contributed by atoms with Crippen LogP contribution in [0.2, 0.25) is 0 Å². The highest BCUT2D eigenvalue weighted by Crippen LogP contribution is 2.27. The molecule has 1 aromatic carbocycles. The molecular formula is C26H31FN6O3. The molecule has 0 fully saturated rings. The van der Waals surface area contributed by atoms with E-state index in [0.29, 0.717) is 48.5 Å². The van der Waals surface area contributed by atoms with E-state index in [9.17, 15) is 14.0 Å². The first kappa shape index (κ1) is 26.5. The zero-order valence-electron chi connectivity index (χ0n) is 21.0. The fourth-order valence-electron chi connectivity index (χ4n) is 3.66. The zero-order valence-corrected chi connectivity index (χ0v) is 21.0. The van der Waals surface area contributed by atoms with Crippen LogP contribution < -0.4 is 21.3 Å². The number of unbranched alkanes of at least 4 members (excludes halogenated alkanes) is 1. The highest BCUT2D eigenvalue weighted by atomic mass is 19.1. The van der Waals surface area contributed by atoms with Crippen LogP contribution in [0.4, 0.5) is 10.2 Å². The topological polar surface area (TPSA) is 124 Å². The van der Waals surface area contributed by atoms with Crippen LogP contribution in [-0.4, -0.2) is 46.7 Å². The van der Waals surface area contributed by atoms with Gasteiger partial charge < -0.3 is 20.4 Å². The number of pyridine rings is 1. The SMILES string of the molecule is CCOc1cnc(-c2cc3ccn(CCCCN/C(C=NC)=C(\C)C(C)=O)c(=O)c3cc2F)nc1N. The van der Waals surface area contributed by atoms with E-state index in [1.807, 2.05) is 6.92 Å². The molecule has 0 saturated heterocycles. The number of Topliss-reactive ketones (excluding diaryl/α,β-unsaturated/α-hetero) is 1. The van der Waals surface area contributed by atoms with Gasteiger partial charge in [0.15, 0.2) is 23.2 Å². The number of aliphatic imine (C=N–C) groups is 1. The molecule has 0 radical (unpaired) electrons. The Morgan fingerprint density at radius 3 is 2.75 bits per heavy atom. The van der Waals surface area contributed by atoms with Gasteiger partial charge in [0.2, 0.25) is 0 Å². The molecule has 3 aromatic rings. The van der Waals surface area contributed by atoms with Crippen LogP contribution in [0.1, 0.15) is 33.6 Å². The number of ketones is 1. The molecule has 2 heterocycles. The number of nitrogen functional groups attached to an aromatic ring is 1. The van der Waals surface area contributed by atoms with E-state index in [4.69, 9.17) is 10.5 Å². The quantitative estimate of drug-likeness (QED) is 0.237. The third-order valence-corrected chi connectivity index (χ3v) is 5.72. The molecule has 2 aromatic heterocycles. The number of fused-ring (bicyclic) bond motifs is 1. The number of anilines is 1. The molecule has 0 aliphatic carbocycles. The average Bonchev–Trinajstić information content (AvgIpc) is 2.85. The molecule has 0 aliphatic rings. The van der Waals surface area contributed by atoms with Gasteiger partial charge in [0.25, 0.3) is 5.56 Å². The minimum Gasteiger partial charge on any atom is -0.488 e. The first-order valence-corrected chi connectivity index (χ1v) is 11.7. The molecule has 0 saturated carbocycles. The summed E-state index contributed by atoms with van der Waals surface area (Å²) in [4.78, 5) is 36.9. The summed E-state index contributed by atoms with van der Waals surface area (Å²) >= 11 is 0. The monoisotopic (exact) mass is 494 g/mol. The Kier molecular flexibility index (Phi) is 8.88. The summed E-state index contributed by atoms with van der Waals surface area (Å²) in [6.07, 6.45) is 6.21. The molecule has 9 nitrogen and oxygen atoms in total. The van der Waals surface area contributed by atoms with Crippen LogP contribution in [0.15, 0.2) is 51.6 Å². The van der Waals surface area contributed by atoms with Gasteiger partial charge in [0.1, 0.15) is 5.82 Å². The predicted octanol–water partition coefficient (Wildman–Crippen LogP) is 3.51. The van der Waals surface area contributed by atoms with Crippen LogP contribution in [0, 0.1) is 5.82 Å². The average molecular weight is 495 g/mol. The molecule has 0 atom stereocenters. The van der Waals surface area contributed by atoms with Crippen LogP contribution in [0.3, 0.4) is 0 Å². The van der Waals surface area contributed by atoms with Crippen molar-refractivity contribution in [1.82, 2.24) is 19.9 Å². The van der Waals surface area contributed by atoms with E-state index < -0.39 is 5.82 Å². The standard InChI is InChI=1S/C26H31FN6O3/c1-5-36-23-15-31-25(32-24(23)28)20-12-18-8-11-33(26(35)19(18)13-21(20)27)10-7-6-9-30-22(14-29-4)16(2)17(3)34/h8,11-15,30H,5-7,9-10H2,1-4H3,(H2,28,31,32)/b22-16+,29-14?. The number of nitrogens with zero attached hydrogens (tertiary/aromatic N) is 4. The van der Waals surface area contributed by atoms with Gasteiger partial charge in [-0.2, -0.15) is 0 Å². The van der Waals surface area contributed by atoms with Crippen molar-refractivity contribution in [3.63, 3.8) is 0 Å². The number of aryl methyl sites for hydroxylation is 1. The highest BCUT2D eigenvalue weighted by molar-refractivity contribution is 5.98. The fraction of sp³-hybridized carbons (Fsp3) is 0.346. The third kappa shape index (κ3) is 6.12. The maximum absolute atomic E-state index is 15.0. The van der Waals surface area contributed by atoms with Crippen molar-refractivity contribution in [3.8, 4) is 17.1 Å². The molecule has 0 spiro atoms. The van der Waals surface area contributed by atoms with Crippen molar-refractivity contribution in [3.05, 3.63) is 58.0 Å². The molecule has 36 heavy (non-hydrogen) atoms. The van der Waals surface area contributed by atoms with E-state index in [0.717, 1.165) is 6.42 Å². The number of hydrogen-bond donors (Lipinski definition) is 2. The second-order valence-electron chi connectivity index (χ2n) is 8.23. The van der Waals surface area contributed by atoms with Gasteiger partial charge in [-0.1, -0.05) is 0 Å². The Morgan fingerprint density at radius 1 is 1.31 bits per heavy atom. The summed E-state index contributed by atoms with van der Waals surface area (Å²) in [5, 5.41) is 4.08. The Labute approximate surface area is 208 Å². The second kappa shape index (κ2) is 12.1. The van der Waals surface area contributed by atoms with Gasteiger partial charge in [-0.15, -0.1) is 0 Å². The number of nitrogens with one attached hydrogen (secondary N) is 1. The number of allylic oxidation sites excluding steroid dienone is 2. The maximum atomic E-state index is 15.0. The summed E-state index contributed by atoms with van der Waals surface area (Å²) in [5.41, 5.74) is 7.09. The minimum absolute atomic E-state index is 0.0203. The summed E-state index contributed by atoms with van der Waals surface area (Å²) in [6, 6.07) is 4.54. The Bertz CT molecular complexity index is 1380. The van der Waals surface area contributed by atoms with Crippen molar-refractivity contribution in [2.45, 2.75) is 40.2 Å². The summed E-state index contributed by atoms with van der Waals surface area (Å²) in [6.45, 7) is 6.59. The summed E-state index contributed by atoms with van der Waals surface area (Å²) in [5.74, 6) is -0.0583. The Balaban J connectivity index is 1.73. The highest BCUT2D eigenvalue weighted by Gasteiger charge is 2.14. The van der Waals surface area contributed by atoms with Crippen molar-refractivity contribution in [1.29, 1.82) is 0 Å². The van der Waals surface area contributed by atoms with Crippen LogP contribution in [0.5, 0.6) is 5.75 Å². The van der Waals surface area contributed by atoms with E-state index in [1.165, 1.54) is 19.2 Å². The Hall–Kier alpha value is -4.08. The van der Waals surface area contributed by atoms with Gasteiger partial charge in [0.05, 0.1) is 29.5 Å². The van der Waals surface area contributed by atoms with E-state index >= 15 is 0 Å². The predicted molar refractivity (Wildman–Crippen MR) is 140 cm³/mol. The van der Waals surface area contributed by atoms with Gasteiger partial charge in [-0.05, 0) is 57.2 Å². The number of aromatic nitrogens is 3. The number of benzene rings is 1. The fourth-order valence-corrected chi connectivity index (χ4v) is 3.66. The molecule has 0 amide bonds. The number of rotatable bonds is 11. The number of halogens is 1. The largest absolute Gasteiger partial charge is 0.488 e. The molecule has 0 aliphatic heterocycles. The Morgan fingerprint density at radius 2 is 2.08 bits per heavy atom. The lowest BCUT2D eigenvalue weighted by Crippen LogP contribution is -2.22. The van der Waals surface area contributed by atoms with Crippen LogP contribution in [0.25, 0.3) is 22.2 Å². The van der Waals surface area contributed by atoms with E-state index in [1.54, 1.807) is 43.1 Å². The molecule has 190 valence electrons. The van der Waals surface area contributed by atoms with Crippen molar-refractivity contribution in [2.24, 2.45) is 4.99 Å². The lowest BCUT2D eigenvalue weighted by atomic mass is 10.1. The second-order valence-corrected chi connectivity index (χ2v) is 8.23. The number of nitrogens with two attached hydrogens (primary N) is 1. The van der Waals surface area contributed by atoms with Crippen molar-refractivity contribution in [2.75, 3.05) is 25.9 Å². The lowest BCUT2D eigenvalue weighted by molar-refractivity contribution is -0.113. The first-order chi connectivity index (χ1) is 17.3. The van der Waals surface area contributed by atoms with Gasteiger partial charge in [-0.3, -0.25) is 14.6 Å². The maximum Gasteiger partial charge on any atom is 0.258 e. The smallest absolute Gasteiger partial charge is 0.258 e. The molecule has 3 N–H and O–H groups in total. The van der Waals surface area contributed by atoms with E-state index in [-0.39, 0.29) is 33.9 Å². The molecule has 0 unspecified atom stereocenters. The number of ether oxygens (including phenoxy) is 1. The number of carbonyl (C=O) groups excluding carboxylic acids is 1. The van der Waals surface area contributed by atoms with Crippen LogP contribution >= 0.6 is 0 Å². The van der Waals surface area contributed by atoms with E-state index in [2.05, 4.69) is 20.3 Å². The summed E-state index contributed by atoms with van der Waals surface area (Å²) in [7, 11) is 1.65. The molecular weight excluding hydrogens is 463 g/mol. The van der Waals surface area contributed by atoms with Gasteiger partial charge in [-0.25, -0.2) is 14.4 Å². The van der Waals surface area contributed by atoms with Crippen molar-refractivity contribution < 1.29 is 13.9 Å². The molecule has 0 bridgehead atoms. The minimum atomic E-state index is -0.608. The van der Waals surface area contributed by atoms with Crippen molar-refractivity contribution >= 4 is 28.6 Å². The van der Waals surface area contributed by atoms with Crippen LogP contribution in [-0.2, 0) is 11.3 Å². The third-order valence-electron chi connectivity index (χ3n) is 5.72. The number of hydrogen-bond acceptors (Lipinski definition) is 8. The molecule has 10 heteroatoms. The normalized spacial score (nSPS) is 12.1. The molecule has 3 rings (SSSR count).